The molecule has 5 heteroatoms. The standard InChI is InChI=1S/C14H21N3O2/c1-10-8-11(16(2)3)4-5-13(10)15-14(19)17-7-6-12(18)9-17/h4-5,8,12,18H,6-7,9H2,1-3H3,(H,15,19)/t12-/m1/s1. The molecule has 1 aliphatic heterocycles. The molecule has 2 rings (SSSR count). The fraction of sp³-hybridized carbons (Fsp3) is 0.500. The van der Waals surface area contributed by atoms with Crippen LogP contribution >= 0.6 is 0 Å². The number of rotatable bonds is 2. The summed E-state index contributed by atoms with van der Waals surface area (Å²) in [5, 5.41) is 12.3. The maximum atomic E-state index is 12.0. The van der Waals surface area contributed by atoms with Crippen LogP contribution in [0.1, 0.15) is 12.0 Å². The molecule has 19 heavy (non-hydrogen) atoms. The first-order valence-corrected chi connectivity index (χ1v) is 6.49. The number of aryl methyl sites for hydroxylation is 1. The van der Waals surface area contributed by atoms with E-state index in [2.05, 4.69) is 5.32 Å². The van der Waals surface area contributed by atoms with Crippen molar-refractivity contribution in [2.75, 3.05) is 37.4 Å². The van der Waals surface area contributed by atoms with E-state index < -0.39 is 0 Å². The van der Waals surface area contributed by atoms with Gasteiger partial charge in [-0.25, -0.2) is 4.79 Å². The second-order valence-electron chi connectivity index (χ2n) is 5.21. The van der Waals surface area contributed by atoms with Gasteiger partial charge >= 0.3 is 6.03 Å². The summed E-state index contributed by atoms with van der Waals surface area (Å²) in [5.41, 5.74) is 2.95. The molecule has 1 aromatic carbocycles. The van der Waals surface area contributed by atoms with Crippen molar-refractivity contribution in [1.82, 2.24) is 4.90 Å². The average Bonchev–Trinajstić information content (AvgIpc) is 2.78. The van der Waals surface area contributed by atoms with E-state index in [9.17, 15) is 9.90 Å². The lowest BCUT2D eigenvalue weighted by molar-refractivity contribution is 0.176. The van der Waals surface area contributed by atoms with Gasteiger partial charge in [0.2, 0.25) is 0 Å². The van der Waals surface area contributed by atoms with Gasteiger partial charge in [0, 0.05) is 38.6 Å². The van der Waals surface area contributed by atoms with Crippen molar-refractivity contribution in [2.45, 2.75) is 19.4 Å². The van der Waals surface area contributed by atoms with Crippen molar-refractivity contribution in [1.29, 1.82) is 0 Å². The van der Waals surface area contributed by atoms with Gasteiger partial charge in [-0.3, -0.25) is 0 Å². The highest BCUT2D eigenvalue weighted by Gasteiger charge is 2.24. The van der Waals surface area contributed by atoms with E-state index in [0.717, 1.165) is 16.9 Å². The van der Waals surface area contributed by atoms with Gasteiger partial charge < -0.3 is 20.2 Å². The predicted octanol–water partition coefficient (Wildman–Crippen LogP) is 1.66. The zero-order valence-corrected chi connectivity index (χ0v) is 11.7. The van der Waals surface area contributed by atoms with Gasteiger partial charge in [0.25, 0.3) is 0 Å². The summed E-state index contributed by atoms with van der Waals surface area (Å²) in [6, 6.07) is 5.78. The lowest BCUT2D eigenvalue weighted by Gasteiger charge is -2.19. The summed E-state index contributed by atoms with van der Waals surface area (Å²) in [7, 11) is 3.97. The molecule has 0 radical (unpaired) electrons. The molecule has 1 saturated heterocycles. The second kappa shape index (κ2) is 5.48. The molecule has 1 fully saturated rings. The van der Waals surface area contributed by atoms with E-state index in [4.69, 9.17) is 0 Å². The average molecular weight is 263 g/mol. The summed E-state index contributed by atoms with van der Waals surface area (Å²) in [6.45, 7) is 3.00. The van der Waals surface area contributed by atoms with E-state index >= 15 is 0 Å². The van der Waals surface area contributed by atoms with Gasteiger partial charge in [-0.2, -0.15) is 0 Å². The maximum Gasteiger partial charge on any atom is 0.321 e. The van der Waals surface area contributed by atoms with Crippen molar-refractivity contribution in [2.24, 2.45) is 0 Å². The van der Waals surface area contributed by atoms with E-state index in [1.165, 1.54) is 0 Å². The largest absolute Gasteiger partial charge is 0.391 e. The number of aliphatic hydroxyl groups excluding tert-OH is 1. The van der Waals surface area contributed by atoms with Gasteiger partial charge in [0.1, 0.15) is 0 Å². The van der Waals surface area contributed by atoms with Crippen LogP contribution in [0, 0.1) is 6.92 Å². The molecule has 5 nitrogen and oxygen atoms in total. The molecule has 0 spiro atoms. The fourth-order valence-corrected chi connectivity index (χ4v) is 2.19. The number of likely N-dealkylation sites (tertiary alicyclic amines) is 1. The van der Waals surface area contributed by atoms with E-state index in [1.807, 2.05) is 44.1 Å². The van der Waals surface area contributed by atoms with Gasteiger partial charge in [0.05, 0.1) is 6.10 Å². The third-order valence-electron chi connectivity index (χ3n) is 3.42. The minimum Gasteiger partial charge on any atom is -0.391 e. The van der Waals surface area contributed by atoms with E-state index in [-0.39, 0.29) is 12.1 Å². The number of nitrogens with zero attached hydrogens (tertiary/aromatic N) is 2. The van der Waals surface area contributed by atoms with Crippen LogP contribution in [0.2, 0.25) is 0 Å². The molecular weight excluding hydrogens is 242 g/mol. The number of nitrogens with one attached hydrogen (secondary N) is 1. The maximum absolute atomic E-state index is 12.0. The molecule has 0 bridgehead atoms. The summed E-state index contributed by atoms with van der Waals surface area (Å²) in [6.07, 6.45) is 0.273. The Labute approximate surface area is 113 Å². The number of β-amino-alcohol motifs (C(OH)–C–C–N with tert-alkyl or cyclic N) is 1. The molecule has 1 atom stereocenters. The normalized spacial score (nSPS) is 18.5. The Kier molecular flexibility index (Phi) is 3.95. The van der Waals surface area contributed by atoms with Crippen LogP contribution in [0.25, 0.3) is 0 Å². The molecule has 0 unspecified atom stereocenters. The van der Waals surface area contributed by atoms with Crippen molar-refractivity contribution >= 4 is 17.4 Å². The lowest BCUT2D eigenvalue weighted by Crippen LogP contribution is -2.33. The molecular formula is C14H21N3O2. The van der Waals surface area contributed by atoms with Crippen LogP contribution < -0.4 is 10.2 Å². The van der Waals surface area contributed by atoms with Gasteiger partial charge in [-0.15, -0.1) is 0 Å². The first-order chi connectivity index (χ1) is 8.97. The lowest BCUT2D eigenvalue weighted by atomic mass is 10.1. The number of carbonyl (C=O) groups excluding carboxylic acids is 1. The molecule has 1 heterocycles. The smallest absolute Gasteiger partial charge is 0.321 e. The zero-order valence-electron chi connectivity index (χ0n) is 11.7. The molecule has 0 aliphatic carbocycles. The minimum atomic E-state index is -0.386. The quantitative estimate of drug-likeness (QED) is 0.853. The Hall–Kier alpha value is -1.75. The Morgan fingerprint density at radius 3 is 2.74 bits per heavy atom. The second-order valence-corrected chi connectivity index (χ2v) is 5.21. The predicted molar refractivity (Wildman–Crippen MR) is 76.7 cm³/mol. The Bertz CT molecular complexity index is 474. The topological polar surface area (TPSA) is 55.8 Å². The van der Waals surface area contributed by atoms with Crippen LogP contribution in [0.15, 0.2) is 18.2 Å². The minimum absolute atomic E-state index is 0.141. The number of urea groups is 1. The number of benzene rings is 1. The molecule has 2 amide bonds. The van der Waals surface area contributed by atoms with Crippen molar-refractivity contribution in [3.63, 3.8) is 0 Å². The molecule has 1 aromatic rings. The fourth-order valence-electron chi connectivity index (χ4n) is 2.19. The third-order valence-corrected chi connectivity index (χ3v) is 3.42. The number of amides is 2. The van der Waals surface area contributed by atoms with Crippen LogP contribution in [-0.4, -0.2) is 49.3 Å². The van der Waals surface area contributed by atoms with Gasteiger partial charge in [0.15, 0.2) is 0 Å². The number of aliphatic hydroxyl groups is 1. The number of hydrogen-bond donors (Lipinski definition) is 2. The summed E-state index contributed by atoms with van der Waals surface area (Å²) >= 11 is 0. The van der Waals surface area contributed by atoms with Crippen LogP contribution in [0.5, 0.6) is 0 Å². The zero-order chi connectivity index (χ0) is 14.0. The van der Waals surface area contributed by atoms with Crippen molar-refractivity contribution in [3.05, 3.63) is 23.8 Å². The van der Waals surface area contributed by atoms with Crippen LogP contribution in [0.3, 0.4) is 0 Å². The molecule has 2 N–H and O–H groups in total. The monoisotopic (exact) mass is 263 g/mol. The van der Waals surface area contributed by atoms with Crippen LogP contribution in [0.4, 0.5) is 16.2 Å². The highest BCUT2D eigenvalue weighted by molar-refractivity contribution is 5.90. The molecule has 104 valence electrons. The summed E-state index contributed by atoms with van der Waals surface area (Å²) in [4.78, 5) is 15.7. The van der Waals surface area contributed by atoms with Gasteiger partial charge in [-0.1, -0.05) is 0 Å². The number of hydrogen-bond acceptors (Lipinski definition) is 3. The Morgan fingerprint density at radius 2 is 2.21 bits per heavy atom. The first kappa shape index (κ1) is 13.7. The molecule has 1 aliphatic rings. The highest BCUT2D eigenvalue weighted by Crippen LogP contribution is 2.22. The van der Waals surface area contributed by atoms with Gasteiger partial charge in [-0.05, 0) is 37.1 Å². The Balaban J connectivity index is 2.05. The number of carbonyl (C=O) groups is 1. The summed E-state index contributed by atoms with van der Waals surface area (Å²) in [5.74, 6) is 0. The SMILES string of the molecule is Cc1cc(N(C)C)ccc1NC(=O)N1CC[C@@H](O)C1. The molecule has 0 aromatic heterocycles. The third kappa shape index (κ3) is 3.17. The van der Waals surface area contributed by atoms with E-state index in [0.29, 0.717) is 19.5 Å². The van der Waals surface area contributed by atoms with Crippen molar-refractivity contribution < 1.29 is 9.90 Å². The van der Waals surface area contributed by atoms with Crippen molar-refractivity contribution in [3.8, 4) is 0 Å². The number of anilines is 2. The highest BCUT2D eigenvalue weighted by atomic mass is 16.3. The molecule has 0 saturated carbocycles. The summed E-state index contributed by atoms with van der Waals surface area (Å²) < 4.78 is 0. The first-order valence-electron chi connectivity index (χ1n) is 6.49. The van der Waals surface area contributed by atoms with E-state index in [1.54, 1.807) is 4.90 Å². The Morgan fingerprint density at radius 1 is 1.47 bits per heavy atom. The van der Waals surface area contributed by atoms with Crippen LogP contribution in [-0.2, 0) is 0 Å².